The zero-order chi connectivity index (χ0) is 25.1. The van der Waals surface area contributed by atoms with Crippen molar-refractivity contribution in [2.75, 3.05) is 18.9 Å². The van der Waals surface area contributed by atoms with Gasteiger partial charge in [-0.25, -0.2) is 23.9 Å². The largest absolute Gasteiger partial charge is 0.508 e. The fraction of sp³-hybridized carbons (Fsp3) is 0.545. The first kappa shape index (κ1) is 25.5. The third kappa shape index (κ3) is 4.75. The summed E-state index contributed by atoms with van der Waals surface area (Å²) in [6.45, 7) is -1.32. The van der Waals surface area contributed by atoms with Crippen molar-refractivity contribution in [1.29, 1.82) is 0 Å². The molecule has 7 atom stereocenters. The van der Waals surface area contributed by atoms with Crippen molar-refractivity contribution in [3.05, 3.63) is 16.7 Å². The van der Waals surface area contributed by atoms with Gasteiger partial charge >= 0.3 is 23.5 Å². The normalized spacial score (nSPS) is 31.9. The number of aromatic nitrogens is 4. The number of hydrogen-bond donors (Lipinski definition) is 7. The fourth-order valence-corrected chi connectivity index (χ4v) is 6.54. The lowest BCUT2D eigenvalue weighted by Crippen LogP contribution is -2.44. The van der Waals surface area contributed by atoms with Gasteiger partial charge in [0.25, 0.3) is 5.56 Å². The number of aromatic amines is 1. The molecule has 23 heteroatoms. The van der Waals surface area contributed by atoms with E-state index in [1.54, 1.807) is 0 Å². The lowest BCUT2D eigenvalue weighted by atomic mass is 10.0. The van der Waals surface area contributed by atoms with Crippen molar-refractivity contribution < 1.29 is 66.0 Å². The predicted octanol–water partition coefficient (Wildman–Crippen LogP) is -1.43. The number of ether oxygens (including phenoxy) is 2. The Kier molecular flexibility index (Phi) is 6.38. The summed E-state index contributed by atoms with van der Waals surface area (Å²) in [4.78, 5) is 49.9. The summed E-state index contributed by atoms with van der Waals surface area (Å²) in [5.74, 6) is -0.227. The summed E-state index contributed by atoms with van der Waals surface area (Å²) in [6.07, 6.45) is -2.55. The van der Waals surface area contributed by atoms with Crippen LogP contribution < -0.4 is 11.3 Å². The molecule has 0 saturated carbocycles. The number of aliphatic hydroxyl groups is 1. The number of hydrogen-bond acceptors (Lipinski definition) is 15. The molecule has 2 fully saturated rings. The summed E-state index contributed by atoms with van der Waals surface area (Å²) in [7, 11) is -16.8. The molecule has 4 unspecified atom stereocenters. The molecule has 0 amide bonds. The highest BCUT2D eigenvalue weighted by atomic mass is 31.3. The monoisotopic (exact) mass is 551 g/mol. The highest BCUT2D eigenvalue weighted by Gasteiger charge is 2.63. The van der Waals surface area contributed by atoms with E-state index in [9.17, 15) is 33.4 Å². The molecule has 8 N–H and O–H groups in total. The molecular formula is C11H16N5O15P3. The Balaban J connectivity index is 1.51. The molecule has 2 aliphatic heterocycles. The lowest BCUT2D eigenvalue weighted by Gasteiger charge is -2.31. The van der Waals surface area contributed by atoms with Gasteiger partial charge in [-0.1, -0.05) is 0 Å². The number of nitrogens with one attached hydrogen (secondary N) is 1. The molecule has 2 aromatic rings. The second-order valence-corrected chi connectivity index (χ2v) is 11.5. The van der Waals surface area contributed by atoms with E-state index in [4.69, 9.17) is 25.4 Å². The molecule has 4 heterocycles. The van der Waals surface area contributed by atoms with Crippen molar-refractivity contribution in [3.63, 3.8) is 0 Å². The van der Waals surface area contributed by atoms with Gasteiger partial charge in [-0.05, 0) is 0 Å². The van der Waals surface area contributed by atoms with E-state index < -0.39 is 59.7 Å². The van der Waals surface area contributed by atoms with Gasteiger partial charge in [-0.2, -0.15) is 13.6 Å². The average Bonchev–Trinajstić information content (AvgIpc) is 3.34. The lowest BCUT2D eigenvalue weighted by molar-refractivity contribution is -0.183. The number of nitrogens with zero attached hydrogens (tertiary/aromatic N) is 3. The SMILES string of the molecule is Nc1nc2c(ncn2[C@@H]2O[C@@]3(COP(=O)(O)OP(=O)(O)OP(=O)(O)OO)CO[C@H]2C3O)c(=O)[nH]1. The number of fused-ring (bicyclic) bond motifs is 3. The Morgan fingerprint density at radius 2 is 1.91 bits per heavy atom. The van der Waals surface area contributed by atoms with Gasteiger partial charge in [0.05, 0.1) is 19.5 Å². The summed E-state index contributed by atoms with van der Waals surface area (Å²) >= 11 is 0. The molecular weight excluding hydrogens is 535 g/mol. The van der Waals surface area contributed by atoms with E-state index in [0.717, 1.165) is 6.33 Å². The molecule has 2 bridgehead atoms. The number of aliphatic hydroxyl groups excluding tert-OH is 1. The molecule has 0 aliphatic carbocycles. The van der Waals surface area contributed by atoms with Crippen LogP contribution in [0.4, 0.5) is 5.95 Å². The minimum atomic E-state index is -5.77. The molecule has 0 aromatic carbocycles. The number of anilines is 1. The van der Waals surface area contributed by atoms with Crippen molar-refractivity contribution >= 4 is 40.6 Å². The molecule has 34 heavy (non-hydrogen) atoms. The number of phosphoric acid groups is 3. The van der Waals surface area contributed by atoms with E-state index in [-0.39, 0.29) is 23.7 Å². The van der Waals surface area contributed by atoms with Crippen LogP contribution in [0.25, 0.3) is 11.2 Å². The zero-order valence-electron chi connectivity index (χ0n) is 16.3. The average molecular weight is 551 g/mol. The third-order valence-corrected chi connectivity index (χ3v) is 8.68. The van der Waals surface area contributed by atoms with E-state index in [2.05, 4.69) is 32.8 Å². The van der Waals surface area contributed by atoms with Gasteiger partial charge in [0.15, 0.2) is 17.4 Å². The molecule has 2 aliphatic rings. The van der Waals surface area contributed by atoms with Crippen LogP contribution in [0, 0.1) is 0 Å². The van der Waals surface area contributed by atoms with Crippen LogP contribution in [0.1, 0.15) is 6.23 Å². The van der Waals surface area contributed by atoms with E-state index in [0.29, 0.717) is 0 Å². The standard InChI is InChI=1S/C11H16N5O15P3/c12-10-14-7-4(8(18)15-10)13-3-16(7)9-5-6(17)11(28-9,1-26-5)2-27-32(20,21)30-34(24,25)31-33(22,23)29-19/h3,5-6,9,17,19H,1-2H2,(H,20,21)(H,22,23)(H,24,25)(H3,12,14,15,18)/t5-,6?,9+,11+/m0/s1. The van der Waals surface area contributed by atoms with Crippen molar-refractivity contribution in [2.24, 2.45) is 0 Å². The minimum Gasteiger partial charge on any atom is -0.387 e. The van der Waals surface area contributed by atoms with Crippen LogP contribution in [0.15, 0.2) is 11.1 Å². The summed E-state index contributed by atoms with van der Waals surface area (Å²) in [5.41, 5.74) is 2.99. The maximum atomic E-state index is 12.1. The molecule has 2 saturated heterocycles. The van der Waals surface area contributed by atoms with Gasteiger partial charge < -0.3 is 35.0 Å². The Morgan fingerprint density at radius 1 is 1.24 bits per heavy atom. The van der Waals surface area contributed by atoms with Crippen molar-refractivity contribution in [1.82, 2.24) is 19.5 Å². The van der Waals surface area contributed by atoms with Crippen LogP contribution in [-0.4, -0.2) is 75.6 Å². The third-order valence-electron chi connectivity index (χ3n) is 4.72. The van der Waals surface area contributed by atoms with Gasteiger partial charge in [0.1, 0.15) is 17.8 Å². The molecule has 20 nitrogen and oxygen atoms in total. The summed E-state index contributed by atoms with van der Waals surface area (Å²) < 4.78 is 62.1. The maximum Gasteiger partial charge on any atom is 0.508 e. The number of imidazole rings is 1. The Hall–Kier alpha value is -1.60. The number of phosphoric ester groups is 1. The fourth-order valence-electron chi connectivity index (χ4n) is 3.37. The molecule has 0 radical (unpaired) electrons. The van der Waals surface area contributed by atoms with Crippen LogP contribution in [0.3, 0.4) is 0 Å². The minimum absolute atomic E-state index is 0.0141. The van der Waals surface area contributed by atoms with Gasteiger partial charge in [0.2, 0.25) is 5.95 Å². The Labute approximate surface area is 186 Å². The molecule has 4 rings (SSSR count). The summed E-state index contributed by atoms with van der Waals surface area (Å²) in [5, 5.41) is 18.7. The van der Waals surface area contributed by atoms with Gasteiger partial charge in [0, 0.05) is 0 Å². The number of rotatable bonds is 9. The molecule has 190 valence electrons. The van der Waals surface area contributed by atoms with Crippen LogP contribution in [0.5, 0.6) is 0 Å². The second-order valence-electron chi connectivity index (χ2n) is 6.99. The van der Waals surface area contributed by atoms with E-state index in [1.807, 2.05) is 0 Å². The van der Waals surface area contributed by atoms with Crippen LogP contribution in [0.2, 0.25) is 0 Å². The van der Waals surface area contributed by atoms with Crippen LogP contribution in [-0.2, 0) is 41.0 Å². The second kappa shape index (κ2) is 8.51. The van der Waals surface area contributed by atoms with Gasteiger partial charge in [-0.3, -0.25) is 18.9 Å². The quantitative estimate of drug-likeness (QED) is 0.107. The molecule has 0 spiro atoms. The number of nitrogen functional groups attached to an aromatic ring is 1. The summed E-state index contributed by atoms with van der Waals surface area (Å²) in [6, 6.07) is 0. The first-order valence-electron chi connectivity index (χ1n) is 8.76. The highest BCUT2D eigenvalue weighted by Crippen LogP contribution is 2.67. The van der Waals surface area contributed by atoms with Crippen molar-refractivity contribution in [2.45, 2.75) is 24.0 Å². The number of H-pyrrole nitrogens is 1. The van der Waals surface area contributed by atoms with E-state index in [1.165, 1.54) is 4.57 Å². The maximum absolute atomic E-state index is 12.1. The first-order chi connectivity index (χ1) is 15.7. The van der Waals surface area contributed by atoms with Gasteiger partial charge in [-0.15, -0.1) is 4.67 Å². The Bertz CT molecular complexity index is 1310. The first-order valence-corrected chi connectivity index (χ1v) is 13.2. The van der Waals surface area contributed by atoms with E-state index >= 15 is 0 Å². The smallest absolute Gasteiger partial charge is 0.387 e. The predicted molar refractivity (Wildman–Crippen MR) is 102 cm³/mol. The number of nitrogens with two attached hydrogens (primary N) is 1. The van der Waals surface area contributed by atoms with Crippen molar-refractivity contribution in [3.8, 4) is 0 Å². The highest BCUT2D eigenvalue weighted by molar-refractivity contribution is 7.66. The topological polar surface area (TPSA) is 297 Å². The zero-order valence-corrected chi connectivity index (χ0v) is 19.0. The molecule has 2 aromatic heterocycles. The van der Waals surface area contributed by atoms with Crippen LogP contribution >= 0.6 is 23.5 Å². The Morgan fingerprint density at radius 3 is 2.59 bits per heavy atom.